The Hall–Kier alpha value is -1.86. The lowest BCUT2D eigenvalue weighted by Crippen LogP contribution is -2.47. The number of hydrogen-bond donors (Lipinski definition) is 2. The van der Waals surface area contributed by atoms with Gasteiger partial charge in [0.2, 0.25) is 5.91 Å². The number of benzene rings is 1. The van der Waals surface area contributed by atoms with E-state index in [1.807, 2.05) is 0 Å². The molecular formula is C19H27ClFN3O3. The van der Waals surface area contributed by atoms with Crippen molar-refractivity contribution in [1.82, 2.24) is 15.5 Å². The van der Waals surface area contributed by atoms with Crippen molar-refractivity contribution in [3.05, 3.63) is 30.1 Å². The number of piperidine rings is 1. The Bertz CT molecular complexity index is 640. The lowest BCUT2D eigenvalue weighted by Gasteiger charge is -2.33. The average Bonchev–Trinajstić information content (AvgIpc) is 3.20. The molecule has 150 valence electrons. The zero-order valence-electron chi connectivity index (χ0n) is 15.3. The van der Waals surface area contributed by atoms with Crippen LogP contribution in [0.1, 0.15) is 25.7 Å². The van der Waals surface area contributed by atoms with Gasteiger partial charge in [0.05, 0.1) is 6.04 Å². The number of likely N-dealkylation sites (tertiary alicyclic amines) is 1. The van der Waals surface area contributed by atoms with E-state index in [1.54, 1.807) is 17.0 Å². The Balaban J connectivity index is 0.00000261. The molecule has 2 aliphatic heterocycles. The van der Waals surface area contributed by atoms with Gasteiger partial charge in [-0.05, 0) is 50.3 Å². The van der Waals surface area contributed by atoms with Gasteiger partial charge >= 0.3 is 0 Å². The summed E-state index contributed by atoms with van der Waals surface area (Å²) in [6, 6.07) is 5.98. The third kappa shape index (κ3) is 6.07. The molecule has 0 radical (unpaired) electrons. The second-order valence-electron chi connectivity index (χ2n) is 6.96. The third-order valence-corrected chi connectivity index (χ3v) is 5.00. The first kappa shape index (κ1) is 21.4. The summed E-state index contributed by atoms with van der Waals surface area (Å²) in [6.07, 6.45) is 3.80. The fraction of sp³-hybridized carbons (Fsp3) is 0.579. The standard InChI is InChI=1S/C19H26FN3O3.ClH/c20-15-6-1-2-8-17(15)26-13-18(24)23-10-4-5-14(12-23)11-22-19(25)16-7-3-9-21-16;/h1-2,6,8,14,16,21H,3-5,7,9-13H2,(H,22,25);1H. The number of ether oxygens (including phenoxy) is 1. The lowest BCUT2D eigenvalue weighted by molar-refractivity contribution is -0.135. The van der Waals surface area contributed by atoms with E-state index in [1.165, 1.54) is 12.1 Å². The molecule has 2 heterocycles. The van der Waals surface area contributed by atoms with Crippen LogP contribution in [-0.4, -0.2) is 55.5 Å². The number of halogens is 2. The molecule has 6 nitrogen and oxygen atoms in total. The van der Waals surface area contributed by atoms with E-state index < -0.39 is 5.82 Å². The molecule has 2 unspecified atom stereocenters. The topological polar surface area (TPSA) is 70.7 Å². The first-order chi connectivity index (χ1) is 12.6. The predicted molar refractivity (Wildman–Crippen MR) is 102 cm³/mol. The second-order valence-corrected chi connectivity index (χ2v) is 6.96. The minimum absolute atomic E-state index is 0. The number of hydrogen-bond acceptors (Lipinski definition) is 4. The summed E-state index contributed by atoms with van der Waals surface area (Å²) in [6.45, 7) is 2.57. The van der Waals surface area contributed by atoms with Crippen molar-refractivity contribution in [2.45, 2.75) is 31.7 Å². The minimum Gasteiger partial charge on any atom is -0.481 e. The largest absolute Gasteiger partial charge is 0.481 e. The molecular weight excluding hydrogens is 373 g/mol. The van der Waals surface area contributed by atoms with E-state index in [0.29, 0.717) is 19.6 Å². The molecule has 3 rings (SSSR count). The van der Waals surface area contributed by atoms with Crippen LogP contribution in [-0.2, 0) is 9.59 Å². The summed E-state index contributed by atoms with van der Waals surface area (Å²) in [5, 5.41) is 6.18. The Morgan fingerprint density at radius 3 is 2.81 bits per heavy atom. The van der Waals surface area contributed by atoms with Crippen LogP contribution >= 0.6 is 12.4 Å². The lowest BCUT2D eigenvalue weighted by atomic mass is 9.97. The minimum atomic E-state index is -0.472. The van der Waals surface area contributed by atoms with Crippen LogP contribution in [0.5, 0.6) is 5.75 Å². The Labute approximate surface area is 165 Å². The fourth-order valence-corrected chi connectivity index (χ4v) is 3.53. The zero-order valence-corrected chi connectivity index (χ0v) is 16.1. The predicted octanol–water partition coefficient (Wildman–Crippen LogP) is 1.73. The van der Waals surface area contributed by atoms with Crippen molar-refractivity contribution in [3.8, 4) is 5.75 Å². The van der Waals surface area contributed by atoms with Crippen LogP contribution in [0.15, 0.2) is 24.3 Å². The van der Waals surface area contributed by atoms with Crippen LogP contribution in [0, 0.1) is 11.7 Å². The highest BCUT2D eigenvalue weighted by Gasteiger charge is 2.26. The smallest absolute Gasteiger partial charge is 0.260 e. The maximum Gasteiger partial charge on any atom is 0.260 e. The Morgan fingerprint density at radius 2 is 2.07 bits per heavy atom. The number of para-hydroxylation sites is 1. The second kappa shape index (κ2) is 10.5. The van der Waals surface area contributed by atoms with Gasteiger partial charge in [-0.15, -0.1) is 12.4 Å². The van der Waals surface area contributed by atoms with E-state index >= 15 is 0 Å². The van der Waals surface area contributed by atoms with Gasteiger partial charge in [0.25, 0.3) is 5.91 Å². The van der Waals surface area contributed by atoms with Gasteiger partial charge in [-0.25, -0.2) is 4.39 Å². The van der Waals surface area contributed by atoms with Gasteiger partial charge in [0, 0.05) is 19.6 Å². The van der Waals surface area contributed by atoms with Crippen molar-refractivity contribution in [3.63, 3.8) is 0 Å². The van der Waals surface area contributed by atoms with Gasteiger partial charge in [0.1, 0.15) is 0 Å². The summed E-state index contributed by atoms with van der Waals surface area (Å²) in [7, 11) is 0. The molecule has 0 aromatic heterocycles. The molecule has 2 N–H and O–H groups in total. The summed E-state index contributed by atoms with van der Waals surface area (Å²) in [5.74, 6) is -0.243. The number of carbonyl (C=O) groups excluding carboxylic acids is 2. The number of rotatable bonds is 6. The van der Waals surface area contributed by atoms with E-state index in [4.69, 9.17) is 4.74 Å². The molecule has 0 aliphatic carbocycles. The highest BCUT2D eigenvalue weighted by atomic mass is 35.5. The molecule has 0 bridgehead atoms. The van der Waals surface area contributed by atoms with E-state index in [9.17, 15) is 14.0 Å². The van der Waals surface area contributed by atoms with Crippen molar-refractivity contribution < 1.29 is 18.7 Å². The van der Waals surface area contributed by atoms with Crippen LogP contribution < -0.4 is 15.4 Å². The summed E-state index contributed by atoms with van der Waals surface area (Å²) in [4.78, 5) is 26.2. The highest BCUT2D eigenvalue weighted by Crippen LogP contribution is 2.18. The first-order valence-electron chi connectivity index (χ1n) is 9.29. The van der Waals surface area contributed by atoms with Crippen LogP contribution in [0.2, 0.25) is 0 Å². The van der Waals surface area contributed by atoms with E-state index in [0.717, 1.165) is 32.2 Å². The number of amides is 2. The van der Waals surface area contributed by atoms with Gasteiger partial charge < -0.3 is 20.3 Å². The number of nitrogens with zero attached hydrogens (tertiary/aromatic N) is 1. The maximum atomic E-state index is 13.6. The van der Waals surface area contributed by atoms with E-state index in [-0.39, 0.29) is 48.5 Å². The highest BCUT2D eigenvalue weighted by molar-refractivity contribution is 5.85. The summed E-state index contributed by atoms with van der Waals surface area (Å²) >= 11 is 0. The van der Waals surface area contributed by atoms with Crippen LogP contribution in [0.4, 0.5) is 4.39 Å². The first-order valence-corrected chi connectivity index (χ1v) is 9.29. The normalized spacial score (nSPS) is 22.0. The van der Waals surface area contributed by atoms with Gasteiger partial charge in [-0.3, -0.25) is 9.59 Å². The summed E-state index contributed by atoms with van der Waals surface area (Å²) in [5.41, 5.74) is 0. The number of carbonyl (C=O) groups is 2. The SMILES string of the molecule is Cl.O=C(NCC1CCCN(C(=O)COc2ccccc2F)C1)C1CCCN1. The van der Waals surface area contributed by atoms with Crippen molar-refractivity contribution in [1.29, 1.82) is 0 Å². The van der Waals surface area contributed by atoms with Crippen molar-refractivity contribution in [2.75, 3.05) is 32.8 Å². The van der Waals surface area contributed by atoms with E-state index in [2.05, 4.69) is 10.6 Å². The molecule has 27 heavy (non-hydrogen) atoms. The third-order valence-electron chi connectivity index (χ3n) is 5.00. The monoisotopic (exact) mass is 399 g/mol. The zero-order chi connectivity index (χ0) is 18.4. The molecule has 8 heteroatoms. The quantitative estimate of drug-likeness (QED) is 0.764. The van der Waals surface area contributed by atoms with Crippen LogP contribution in [0.25, 0.3) is 0 Å². The summed E-state index contributed by atoms with van der Waals surface area (Å²) < 4.78 is 18.9. The molecule has 0 spiro atoms. The Kier molecular flexibility index (Phi) is 8.31. The van der Waals surface area contributed by atoms with Gasteiger partial charge in [-0.1, -0.05) is 12.1 Å². The molecule has 2 saturated heterocycles. The van der Waals surface area contributed by atoms with Crippen molar-refractivity contribution in [2.24, 2.45) is 5.92 Å². The fourth-order valence-electron chi connectivity index (χ4n) is 3.53. The maximum absolute atomic E-state index is 13.6. The molecule has 2 atom stereocenters. The average molecular weight is 400 g/mol. The van der Waals surface area contributed by atoms with Crippen LogP contribution in [0.3, 0.4) is 0 Å². The van der Waals surface area contributed by atoms with Gasteiger partial charge in [-0.2, -0.15) is 0 Å². The molecule has 1 aromatic carbocycles. The van der Waals surface area contributed by atoms with Crippen molar-refractivity contribution >= 4 is 24.2 Å². The molecule has 1 aromatic rings. The van der Waals surface area contributed by atoms with Gasteiger partial charge in [0.15, 0.2) is 18.2 Å². The molecule has 0 saturated carbocycles. The Morgan fingerprint density at radius 1 is 1.26 bits per heavy atom. The molecule has 2 fully saturated rings. The number of nitrogens with one attached hydrogen (secondary N) is 2. The molecule has 2 aliphatic rings. The molecule has 2 amide bonds.